The van der Waals surface area contributed by atoms with Gasteiger partial charge in [0.15, 0.2) is 0 Å². The number of piperidine rings is 1. The second-order valence-corrected chi connectivity index (χ2v) is 8.36. The zero-order valence-electron chi connectivity index (χ0n) is 15.5. The van der Waals surface area contributed by atoms with E-state index in [1.54, 1.807) is 45.0 Å². The first-order valence-electron chi connectivity index (χ1n) is 8.80. The zero-order valence-corrected chi connectivity index (χ0v) is 16.3. The number of anilines is 1. The largest absolute Gasteiger partial charge is 0.465 e. The highest BCUT2D eigenvalue weighted by Gasteiger charge is 2.29. The first kappa shape index (κ1) is 20.4. The molecule has 26 heavy (non-hydrogen) atoms. The lowest BCUT2D eigenvalue weighted by Crippen LogP contribution is -2.41. The molecule has 0 aliphatic carbocycles. The van der Waals surface area contributed by atoms with Crippen molar-refractivity contribution >= 4 is 27.5 Å². The molecule has 8 heteroatoms. The Kier molecular flexibility index (Phi) is 6.77. The number of carbonyl (C=O) groups excluding carboxylic acids is 2. The number of carbonyl (C=O) groups is 2. The van der Waals surface area contributed by atoms with Gasteiger partial charge in [0, 0.05) is 37.7 Å². The molecule has 0 saturated carbocycles. The van der Waals surface area contributed by atoms with Crippen LogP contribution in [0.25, 0.3) is 0 Å². The molecule has 0 bridgehead atoms. The van der Waals surface area contributed by atoms with Crippen LogP contribution in [0, 0.1) is 0 Å². The van der Waals surface area contributed by atoms with Crippen molar-refractivity contribution in [2.24, 2.45) is 0 Å². The van der Waals surface area contributed by atoms with E-state index in [2.05, 4.69) is 4.90 Å². The van der Waals surface area contributed by atoms with Gasteiger partial charge >= 0.3 is 5.97 Å². The Bertz CT molecular complexity index is 733. The predicted octanol–water partition coefficient (Wildman–Crippen LogP) is 1.82. The highest BCUT2D eigenvalue weighted by molar-refractivity contribution is 7.89. The van der Waals surface area contributed by atoms with Crippen LogP contribution in [0.2, 0.25) is 0 Å². The van der Waals surface area contributed by atoms with Gasteiger partial charge in [-0.3, -0.25) is 9.59 Å². The number of ether oxygens (including phenoxy) is 1. The van der Waals surface area contributed by atoms with Crippen molar-refractivity contribution in [2.45, 2.75) is 44.6 Å². The minimum absolute atomic E-state index is 0.132. The first-order valence-corrected chi connectivity index (χ1v) is 10.2. The Morgan fingerprint density at radius 3 is 2.27 bits per heavy atom. The van der Waals surface area contributed by atoms with Gasteiger partial charge in [-0.25, -0.2) is 8.42 Å². The number of hydrogen-bond donors (Lipinski definition) is 0. The topological polar surface area (TPSA) is 84.0 Å². The van der Waals surface area contributed by atoms with Crippen molar-refractivity contribution in [3.05, 3.63) is 24.3 Å². The molecule has 0 aromatic heterocycles. The summed E-state index contributed by atoms with van der Waals surface area (Å²) < 4.78 is 31.8. The third kappa shape index (κ3) is 4.82. The Labute approximate surface area is 155 Å². The molecule has 0 spiro atoms. The van der Waals surface area contributed by atoms with Crippen molar-refractivity contribution in [3.8, 4) is 0 Å². The summed E-state index contributed by atoms with van der Waals surface area (Å²) in [6.45, 7) is 6.30. The van der Waals surface area contributed by atoms with Crippen LogP contribution in [-0.2, 0) is 24.3 Å². The molecular weight excluding hydrogens is 356 g/mol. The molecule has 7 nitrogen and oxygen atoms in total. The Morgan fingerprint density at radius 2 is 1.77 bits per heavy atom. The van der Waals surface area contributed by atoms with Crippen LogP contribution in [0.1, 0.15) is 33.6 Å². The van der Waals surface area contributed by atoms with E-state index in [1.165, 1.54) is 0 Å². The molecule has 0 unspecified atom stereocenters. The van der Waals surface area contributed by atoms with Crippen molar-refractivity contribution in [1.29, 1.82) is 0 Å². The molecule has 144 valence electrons. The van der Waals surface area contributed by atoms with Crippen LogP contribution in [0.15, 0.2) is 29.2 Å². The van der Waals surface area contributed by atoms with E-state index in [9.17, 15) is 18.0 Å². The number of hydrogen-bond acceptors (Lipinski definition) is 6. The van der Waals surface area contributed by atoms with Crippen molar-refractivity contribution < 1.29 is 22.7 Å². The summed E-state index contributed by atoms with van der Waals surface area (Å²) in [6.07, 6.45) is 1.03. The lowest BCUT2D eigenvalue weighted by Gasteiger charge is -2.29. The molecule has 0 radical (unpaired) electrons. The fraction of sp³-hybridized carbons (Fsp3) is 0.556. The molecule has 1 fully saturated rings. The number of nitrogens with zero attached hydrogens (tertiary/aromatic N) is 2. The quantitative estimate of drug-likeness (QED) is 0.669. The van der Waals surface area contributed by atoms with E-state index < -0.39 is 16.0 Å². The van der Waals surface area contributed by atoms with Crippen molar-refractivity contribution in [1.82, 2.24) is 4.31 Å². The molecule has 1 aromatic rings. The second-order valence-electron chi connectivity index (χ2n) is 6.47. The maximum Gasteiger partial charge on any atom is 0.321 e. The molecule has 0 N–H and O–H groups in total. The zero-order chi connectivity index (χ0) is 19.3. The first-order chi connectivity index (χ1) is 12.3. The van der Waals surface area contributed by atoms with E-state index in [0.29, 0.717) is 25.9 Å². The molecule has 2 rings (SSSR count). The number of esters is 1. The summed E-state index contributed by atoms with van der Waals surface area (Å²) in [5, 5.41) is 0. The Balaban J connectivity index is 2.18. The predicted molar refractivity (Wildman–Crippen MR) is 98.6 cm³/mol. The highest BCUT2D eigenvalue weighted by Crippen LogP contribution is 2.24. The standard InChI is InChI=1S/C18H26N2O5S/c1-4-25-18(22)13-20(14(2)3)26(23,24)17-7-5-15(6-8-17)19-11-9-16(21)10-12-19/h5-8,14H,4,9-13H2,1-3H3. The van der Waals surface area contributed by atoms with E-state index in [0.717, 1.165) is 9.99 Å². The molecule has 0 amide bonds. The third-order valence-electron chi connectivity index (χ3n) is 4.30. The van der Waals surface area contributed by atoms with Crippen molar-refractivity contribution in [2.75, 3.05) is 31.1 Å². The van der Waals surface area contributed by atoms with Gasteiger partial charge in [0.25, 0.3) is 0 Å². The smallest absolute Gasteiger partial charge is 0.321 e. The maximum atomic E-state index is 12.9. The summed E-state index contributed by atoms with van der Waals surface area (Å²) in [4.78, 5) is 25.3. The second kappa shape index (κ2) is 8.64. The van der Waals surface area contributed by atoms with Crippen LogP contribution >= 0.6 is 0 Å². The molecule has 1 saturated heterocycles. The van der Waals surface area contributed by atoms with Gasteiger partial charge in [-0.05, 0) is 45.0 Å². The van der Waals surface area contributed by atoms with Gasteiger partial charge in [0.05, 0.1) is 11.5 Å². The summed E-state index contributed by atoms with van der Waals surface area (Å²) in [5.74, 6) is -0.314. The maximum absolute atomic E-state index is 12.9. The van der Waals surface area contributed by atoms with Crippen LogP contribution in [0.5, 0.6) is 0 Å². The van der Waals surface area contributed by atoms with Crippen LogP contribution in [0.3, 0.4) is 0 Å². The monoisotopic (exact) mass is 382 g/mol. The van der Waals surface area contributed by atoms with Gasteiger partial charge in [-0.2, -0.15) is 4.31 Å². The molecule has 1 aliphatic rings. The third-order valence-corrected chi connectivity index (χ3v) is 6.33. The van der Waals surface area contributed by atoms with Crippen LogP contribution in [0.4, 0.5) is 5.69 Å². The Morgan fingerprint density at radius 1 is 1.19 bits per heavy atom. The molecule has 1 aliphatic heterocycles. The summed E-state index contributed by atoms with van der Waals surface area (Å²) >= 11 is 0. The average molecular weight is 382 g/mol. The fourth-order valence-corrected chi connectivity index (χ4v) is 4.44. The number of sulfonamides is 1. The number of benzene rings is 1. The van der Waals surface area contributed by atoms with E-state index in [4.69, 9.17) is 4.74 Å². The van der Waals surface area contributed by atoms with Crippen molar-refractivity contribution in [3.63, 3.8) is 0 Å². The molecule has 1 aromatic carbocycles. The normalized spacial score (nSPS) is 15.6. The number of rotatable bonds is 7. The lowest BCUT2D eigenvalue weighted by atomic mass is 10.1. The summed E-state index contributed by atoms with van der Waals surface area (Å²) in [5.41, 5.74) is 0.887. The highest BCUT2D eigenvalue weighted by atomic mass is 32.2. The van der Waals surface area contributed by atoms with E-state index >= 15 is 0 Å². The van der Waals surface area contributed by atoms with Crippen LogP contribution in [-0.4, -0.2) is 56.8 Å². The van der Waals surface area contributed by atoms with Gasteiger partial charge in [0.2, 0.25) is 10.0 Å². The molecule has 1 heterocycles. The summed E-state index contributed by atoms with van der Waals surface area (Å²) in [7, 11) is -3.81. The van der Waals surface area contributed by atoms with Gasteiger partial charge in [-0.15, -0.1) is 0 Å². The SMILES string of the molecule is CCOC(=O)CN(C(C)C)S(=O)(=O)c1ccc(N2CCC(=O)CC2)cc1. The van der Waals surface area contributed by atoms with Gasteiger partial charge < -0.3 is 9.64 Å². The average Bonchev–Trinajstić information content (AvgIpc) is 2.60. The van der Waals surface area contributed by atoms with Gasteiger partial charge in [0.1, 0.15) is 12.3 Å². The molecular formula is C18H26N2O5S. The fourth-order valence-electron chi connectivity index (χ4n) is 2.86. The van der Waals surface area contributed by atoms with Gasteiger partial charge in [-0.1, -0.05) is 0 Å². The number of ketones is 1. The summed E-state index contributed by atoms with van der Waals surface area (Å²) in [6, 6.07) is 6.19. The Hall–Kier alpha value is -1.93. The number of Topliss-reactive ketones (excluding diaryl/α,β-unsaturated/α-hetero) is 1. The lowest BCUT2D eigenvalue weighted by molar-refractivity contribution is -0.143. The minimum Gasteiger partial charge on any atom is -0.465 e. The van der Waals surface area contributed by atoms with E-state index in [1.807, 2.05) is 0 Å². The van der Waals surface area contributed by atoms with E-state index in [-0.39, 0.29) is 29.9 Å². The molecule has 0 atom stereocenters. The van der Waals surface area contributed by atoms with Crippen LogP contribution < -0.4 is 4.90 Å². The minimum atomic E-state index is -3.81.